The van der Waals surface area contributed by atoms with E-state index in [-0.39, 0.29) is 0 Å². The molecule has 0 aliphatic heterocycles. The second kappa shape index (κ2) is 9.93. The summed E-state index contributed by atoms with van der Waals surface area (Å²) in [5.41, 5.74) is 2.60. The van der Waals surface area contributed by atoms with Crippen LogP contribution in [0.4, 0.5) is 0 Å². The highest BCUT2D eigenvalue weighted by atomic mass is 16.5. The molecule has 0 atom stereocenters. The molecular formula is C18H29NO2. The molecule has 1 fully saturated rings. The normalized spacial score (nSPS) is 16.2. The average molecular weight is 291 g/mol. The topological polar surface area (TPSA) is 30.5 Å². The molecule has 118 valence electrons. The average Bonchev–Trinajstić information content (AvgIpc) is 2.53. The third-order valence-electron chi connectivity index (χ3n) is 4.14. The number of benzene rings is 1. The lowest BCUT2D eigenvalue weighted by Crippen LogP contribution is -2.21. The quantitative estimate of drug-likeness (QED) is 0.704. The van der Waals surface area contributed by atoms with Crippen molar-refractivity contribution in [2.75, 3.05) is 20.3 Å². The molecule has 1 saturated carbocycles. The molecule has 2 rings (SSSR count). The maximum atomic E-state index is 5.94. The van der Waals surface area contributed by atoms with Gasteiger partial charge in [-0.2, -0.15) is 0 Å². The summed E-state index contributed by atoms with van der Waals surface area (Å²) in [5, 5.41) is 3.50. The van der Waals surface area contributed by atoms with Crippen LogP contribution in [0.15, 0.2) is 24.3 Å². The zero-order chi connectivity index (χ0) is 14.8. The number of ether oxygens (including phenoxy) is 2. The van der Waals surface area contributed by atoms with Gasteiger partial charge in [0.25, 0.3) is 0 Å². The van der Waals surface area contributed by atoms with E-state index in [1.807, 2.05) is 0 Å². The molecule has 0 aromatic heterocycles. The predicted octanol–water partition coefficient (Wildman–Crippen LogP) is 3.66. The highest BCUT2D eigenvalue weighted by molar-refractivity contribution is 5.26. The van der Waals surface area contributed by atoms with Crippen molar-refractivity contribution in [3.8, 4) is 0 Å². The van der Waals surface area contributed by atoms with E-state index in [9.17, 15) is 0 Å². The molecule has 21 heavy (non-hydrogen) atoms. The maximum absolute atomic E-state index is 5.94. The molecule has 1 aromatic carbocycles. The highest BCUT2D eigenvalue weighted by Crippen LogP contribution is 2.20. The van der Waals surface area contributed by atoms with E-state index in [0.717, 1.165) is 26.1 Å². The molecule has 0 spiro atoms. The summed E-state index contributed by atoms with van der Waals surface area (Å²) >= 11 is 0. The molecule has 1 N–H and O–H groups in total. The lowest BCUT2D eigenvalue weighted by atomic mass is 9.98. The summed E-state index contributed by atoms with van der Waals surface area (Å²) in [5.74, 6) is 0. The summed E-state index contributed by atoms with van der Waals surface area (Å²) in [6.45, 7) is 3.48. The lowest BCUT2D eigenvalue weighted by molar-refractivity contribution is 0.0273. The number of rotatable bonds is 9. The van der Waals surface area contributed by atoms with Gasteiger partial charge in [0, 0.05) is 20.3 Å². The molecule has 1 aliphatic rings. The second-order valence-electron chi connectivity index (χ2n) is 5.86. The van der Waals surface area contributed by atoms with Crippen LogP contribution in [0.25, 0.3) is 0 Å². The zero-order valence-corrected chi connectivity index (χ0v) is 13.3. The van der Waals surface area contributed by atoms with Crippen LogP contribution in [0.2, 0.25) is 0 Å². The lowest BCUT2D eigenvalue weighted by Gasteiger charge is -2.22. The van der Waals surface area contributed by atoms with E-state index < -0.39 is 0 Å². The number of hydrogen-bond acceptors (Lipinski definition) is 3. The first kappa shape index (κ1) is 16.5. The Morgan fingerprint density at radius 2 is 1.86 bits per heavy atom. The second-order valence-corrected chi connectivity index (χ2v) is 5.86. The molecule has 1 aliphatic carbocycles. The van der Waals surface area contributed by atoms with E-state index in [1.165, 1.54) is 43.2 Å². The van der Waals surface area contributed by atoms with Gasteiger partial charge in [-0.1, -0.05) is 43.5 Å². The van der Waals surface area contributed by atoms with Gasteiger partial charge >= 0.3 is 0 Å². The number of nitrogens with one attached hydrogen (secondary N) is 1. The van der Waals surface area contributed by atoms with Crippen molar-refractivity contribution in [2.45, 2.75) is 57.8 Å². The molecule has 0 saturated heterocycles. The third-order valence-corrected chi connectivity index (χ3v) is 4.14. The number of hydrogen-bond donors (Lipinski definition) is 1. The van der Waals surface area contributed by atoms with Crippen LogP contribution in [-0.4, -0.2) is 26.4 Å². The highest BCUT2D eigenvalue weighted by Gasteiger charge is 2.12. The molecule has 1 aromatic rings. The Balaban J connectivity index is 1.57. The smallest absolute Gasteiger partial charge is 0.0716 e. The largest absolute Gasteiger partial charge is 0.380 e. The minimum atomic E-state index is 0.529. The van der Waals surface area contributed by atoms with Crippen LogP contribution in [0.3, 0.4) is 0 Å². The van der Waals surface area contributed by atoms with Crippen LogP contribution in [0, 0.1) is 0 Å². The van der Waals surface area contributed by atoms with Crippen molar-refractivity contribution in [1.82, 2.24) is 5.32 Å². The Morgan fingerprint density at radius 1 is 1.10 bits per heavy atom. The van der Waals surface area contributed by atoms with Crippen LogP contribution in [0.1, 0.15) is 49.7 Å². The molecule has 3 heteroatoms. The van der Waals surface area contributed by atoms with Gasteiger partial charge in [0.05, 0.1) is 12.7 Å². The summed E-state index contributed by atoms with van der Waals surface area (Å²) in [7, 11) is 1.74. The van der Waals surface area contributed by atoms with Gasteiger partial charge in [-0.15, -0.1) is 0 Å². The minimum Gasteiger partial charge on any atom is -0.380 e. The van der Waals surface area contributed by atoms with Gasteiger partial charge in [-0.3, -0.25) is 0 Å². The van der Waals surface area contributed by atoms with Crippen LogP contribution in [0.5, 0.6) is 0 Å². The fourth-order valence-electron chi connectivity index (χ4n) is 2.93. The Bertz CT molecular complexity index is 389. The summed E-state index contributed by atoms with van der Waals surface area (Å²) in [6, 6.07) is 8.45. The van der Waals surface area contributed by atoms with Crippen molar-refractivity contribution in [3.63, 3.8) is 0 Å². The van der Waals surface area contributed by atoms with Gasteiger partial charge < -0.3 is 14.8 Å². The molecule has 0 heterocycles. The predicted molar refractivity (Wildman–Crippen MR) is 86.3 cm³/mol. The fourth-order valence-corrected chi connectivity index (χ4v) is 2.93. The summed E-state index contributed by atoms with van der Waals surface area (Å²) in [4.78, 5) is 0. The SMILES string of the molecule is COCc1ccccc1CNCCCOC1CCCCC1. The monoisotopic (exact) mass is 291 g/mol. The Labute approximate surface area is 129 Å². The first-order chi connectivity index (χ1) is 10.4. The van der Waals surface area contributed by atoms with Gasteiger partial charge in [0.15, 0.2) is 0 Å². The van der Waals surface area contributed by atoms with Crippen molar-refractivity contribution in [3.05, 3.63) is 35.4 Å². The third kappa shape index (κ3) is 6.16. The summed E-state index contributed by atoms with van der Waals surface area (Å²) < 4.78 is 11.2. The Morgan fingerprint density at radius 3 is 2.62 bits per heavy atom. The van der Waals surface area contributed by atoms with Crippen molar-refractivity contribution < 1.29 is 9.47 Å². The standard InChI is InChI=1S/C18H29NO2/c1-20-15-17-9-6-5-8-16(17)14-19-12-7-13-21-18-10-3-2-4-11-18/h5-6,8-9,18-19H,2-4,7,10-15H2,1H3. The molecule has 0 bridgehead atoms. The first-order valence-electron chi connectivity index (χ1n) is 8.28. The zero-order valence-electron chi connectivity index (χ0n) is 13.3. The Hall–Kier alpha value is -0.900. The van der Waals surface area contributed by atoms with E-state index in [0.29, 0.717) is 12.7 Å². The first-order valence-corrected chi connectivity index (χ1v) is 8.28. The Kier molecular flexibility index (Phi) is 7.79. The van der Waals surface area contributed by atoms with Crippen molar-refractivity contribution >= 4 is 0 Å². The molecule has 0 unspecified atom stereocenters. The van der Waals surface area contributed by atoms with E-state index in [4.69, 9.17) is 9.47 Å². The van der Waals surface area contributed by atoms with E-state index in [2.05, 4.69) is 29.6 Å². The molecular weight excluding hydrogens is 262 g/mol. The van der Waals surface area contributed by atoms with Crippen LogP contribution < -0.4 is 5.32 Å². The molecule has 3 nitrogen and oxygen atoms in total. The van der Waals surface area contributed by atoms with Crippen LogP contribution in [-0.2, 0) is 22.6 Å². The summed E-state index contributed by atoms with van der Waals surface area (Å²) in [6.07, 6.45) is 8.22. The molecule has 0 radical (unpaired) electrons. The van der Waals surface area contributed by atoms with Gasteiger partial charge in [-0.05, 0) is 36.9 Å². The van der Waals surface area contributed by atoms with Gasteiger partial charge in [0.2, 0.25) is 0 Å². The van der Waals surface area contributed by atoms with Crippen LogP contribution >= 0.6 is 0 Å². The van der Waals surface area contributed by atoms with Gasteiger partial charge in [-0.25, -0.2) is 0 Å². The maximum Gasteiger partial charge on any atom is 0.0716 e. The number of methoxy groups -OCH3 is 1. The van der Waals surface area contributed by atoms with E-state index in [1.54, 1.807) is 7.11 Å². The van der Waals surface area contributed by atoms with E-state index >= 15 is 0 Å². The van der Waals surface area contributed by atoms with Gasteiger partial charge in [0.1, 0.15) is 0 Å². The van der Waals surface area contributed by atoms with Crippen molar-refractivity contribution in [1.29, 1.82) is 0 Å². The van der Waals surface area contributed by atoms with Crippen molar-refractivity contribution in [2.24, 2.45) is 0 Å². The molecule has 0 amide bonds. The fraction of sp³-hybridized carbons (Fsp3) is 0.667. The minimum absolute atomic E-state index is 0.529.